The molecular formula is C14H20O3. The first-order chi connectivity index (χ1) is 8.28. The van der Waals surface area contributed by atoms with Gasteiger partial charge in [-0.25, -0.2) is 0 Å². The third-order valence-electron chi connectivity index (χ3n) is 2.79. The van der Waals surface area contributed by atoms with Crippen LogP contribution in [0.5, 0.6) is 5.75 Å². The second-order valence-electron chi connectivity index (χ2n) is 4.41. The molecule has 1 fully saturated rings. The number of rotatable bonds is 7. The van der Waals surface area contributed by atoms with Gasteiger partial charge in [-0.1, -0.05) is 19.1 Å². The largest absolute Gasteiger partial charge is 0.491 e. The van der Waals surface area contributed by atoms with Crippen LogP contribution in [-0.2, 0) is 15.9 Å². The fourth-order valence-corrected chi connectivity index (χ4v) is 1.52. The summed E-state index contributed by atoms with van der Waals surface area (Å²) < 4.78 is 16.3. The number of hydrogen-bond donors (Lipinski definition) is 0. The van der Waals surface area contributed by atoms with Crippen molar-refractivity contribution in [2.45, 2.75) is 32.5 Å². The molecule has 0 N–H and O–H groups in total. The van der Waals surface area contributed by atoms with Crippen LogP contribution in [0.1, 0.15) is 19.4 Å². The van der Waals surface area contributed by atoms with Gasteiger partial charge in [-0.3, -0.25) is 0 Å². The molecule has 0 spiro atoms. The summed E-state index contributed by atoms with van der Waals surface area (Å²) in [5, 5.41) is 0. The maximum Gasteiger partial charge on any atom is 0.119 e. The highest BCUT2D eigenvalue weighted by Gasteiger charge is 2.23. The van der Waals surface area contributed by atoms with Crippen LogP contribution >= 0.6 is 0 Å². The molecule has 0 aliphatic carbocycles. The smallest absolute Gasteiger partial charge is 0.119 e. The number of ether oxygens (including phenoxy) is 3. The molecule has 1 aromatic carbocycles. The van der Waals surface area contributed by atoms with Crippen molar-refractivity contribution < 1.29 is 14.2 Å². The Bertz CT molecular complexity index is 330. The monoisotopic (exact) mass is 236 g/mol. The van der Waals surface area contributed by atoms with E-state index in [2.05, 4.69) is 19.1 Å². The van der Waals surface area contributed by atoms with Gasteiger partial charge in [-0.2, -0.15) is 0 Å². The Hall–Kier alpha value is -1.06. The summed E-state index contributed by atoms with van der Waals surface area (Å²) in [7, 11) is 0. The van der Waals surface area contributed by atoms with Gasteiger partial charge in [-0.15, -0.1) is 0 Å². The molecule has 0 bridgehead atoms. The molecule has 3 heteroatoms. The zero-order chi connectivity index (χ0) is 12.1. The summed E-state index contributed by atoms with van der Waals surface area (Å²) >= 11 is 0. The fraction of sp³-hybridized carbons (Fsp3) is 0.571. The minimum absolute atomic E-state index is 0.102. The summed E-state index contributed by atoms with van der Waals surface area (Å²) in [6.45, 7) is 6.26. The van der Waals surface area contributed by atoms with E-state index in [0.717, 1.165) is 18.8 Å². The molecular weight excluding hydrogens is 216 g/mol. The van der Waals surface area contributed by atoms with Crippen molar-refractivity contribution in [2.24, 2.45) is 0 Å². The zero-order valence-electron chi connectivity index (χ0n) is 10.5. The Morgan fingerprint density at radius 1 is 1.35 bits per heavy atom. The topological polar surface area (TPSA) is 31.0 Å². The van der Waals surface area contributed by atoms with Gasteiger partial charge in [-0.05, 0) is 31.0 Å². The minimum atomic E-state index is 0.102. The van der Waals surface area contributed by atoms with E-state index in [9.17, 15) is 0 Å². The van der Waals surface area contributed by atoms with Gasteiger partial charge in [0.2, 0.25) is 0 Å². The van der Waals surface area contributed by atoms with E-state index < -0.39 is 0 Å². The average molecular weight is 236 g/mol. The van der Waals surface area contributed by atoms with Crippen molar-refractivity contribution in [3.63, 3.8) is 0 Å². The van der Waals surface area contributed by atoms with Gasteiger partial charge in [0.15, 0.2) is 0 Å². The van der Waals surface area contributed by atoms with E-state index in [1.165, 1.54) is 5.56 Å². The van der Waals surface area contributed by atoms with Crippen LogP contribution in [0, 0.1) is 0 Å². The normalized spacial score (nSPS) is 20.0. The van der Waals surface area contributed by atoms with Crippen molar-refractivity contribution in [2.75, 3.05) is 19.8 Å². The van der Waals surface area contributed by atoms with Gasteiger partial charge in [0, 0.05) is 0 Å². The fourth-order valence-electron chi connectivity index (χ4n) is 1.52. The molecule has 3 nitrogen and oxygen atoms in total. The van der Waals surface area contributed by atoms with E-state index >= 15 is 0 Å². The molecule has 1 aromatic rings. The highest BCUT2D eigenvalue weighted by atomic mass is 16.6. The molecule has 1 saturated heterocycles. The molecule has 1 aliphatic heterocycles. The molecule has 94 valence electrons. The standard InChI is InChI=1S/C14H20O3/c1-3-12-4-6-13(7-5-12)16-8-11(2)15-9-14-10-17-14/h4-7,11,14H,3,8-10H2,1-2H3. The summed E-state index contributed by atoms with van der Waals surface area (Å²) in [5.74, 6) is 0.903. The van der Waals surface area contributed by atoms with Gasteiger partial charge in [0.1, 0.15) is 18.5 Å². The van der Waals surface area contributed by atoms with Crippen LogP contribution in [-0.4, -0.2) is 32.0 Å². The van der Waals surface area contributed by atoms with Crippen LogP contribution in [0.25, 0.3) is 0 Å². The molecule has 17 heavy (non-hydrogen) atoms. The number of aryl methyl sites for hydroxylation is 1. The highest BCUT2D eigenvalue weighted by molar-refractivity contribution is 5.27. The van der Waals surface area contributed by atoms with Crippen molar-refractivity contribution in [3.8, 4) is 5.75 Å². The predicted molar refractivity (Wildman–Crippen MR) is 66.5 cm³/mol. The lowest BCUT2D eigenvalue weighted by molar-refractivity contribution is 0.0241. The Kier molecular flexibility index (Phi) is 4.40. The van der Waals surface area contributed by atoms with Crippen molar-refractivity contribution in [3.05, 3.63) is 29.8 Å². The maximum atomic E-state index is 5.65. The third-order valence-corrected chi connectivity index (χ3v) is 2.79. The zero-order valence-corrected chi connectivity index (χ0v) is 10.5. The van der Waals surface area contributed by atoms with E-state index in [1.54, 1.807) is 0 Å². The van der Waals surface area contributed by atoms with Crippen LogP contribution in [0.2, 0.25) is 0 Å². The SMILES string of the molecule is CCc1ccc(OCC(C)OCC2CO2)cc1. The second kappa shape index (κ2) is 6.03. The van der Waals surface area contributed by atoms with Crippen LogP contribution < -0.4 is 4.74 Å². The summed E-state index contributed by atoms with van der Waals surface area (Å²) in [6.07, 6.45) is 1.48. The lowest BCUT2D eigenvalue weighted by Gasteiger charge is -2.13. The van der Waals surface area contributed by atoms with Crippen molar-refractivity contribution >= 4 is 0 Å². The molecule has 0 radical (unpaired) electrons. The summed E-state index contributed by atoms with van der Waals surface area (Å²) in [4.78, 5) is 0. The van der Waals surface area contributed by atoms with Gasteiger partial charge in [0.25, 0.3) is 0 Å². The molecule has 0 amide bonds. The Morgan fingerprint density at radius 2 is 2.06 bits per heavy atom. The second-order valence-corrected chi connectivity index (χ2v) is 4.41. The lowest BCUT2D eigenvalue weighted by atomic mass is 10.2. The first kappa shape index (κ1) is 12.4. The van der Waals surface area contributed by atoms with Crippen molar-refractivity contribution in [1.29, 1.82) is 0 Å². The quantitative estimate of drug-likeness (QED) is 0.681. The lowest BCUT2D eigenvalue weighted by Crippen LogP contribution is -2.20. The average Bonchev–Trinajstić information content (AvgIpc) is 3.18. The van der Waals surface area contributed by atoms with E-state index in [4.69, 9.17) is 14.2 Å². The number of hydrogen-bond acceptors (Lipinski definition) is 3. The highest BCUT2D eigenvalue weighted by Crippen LogP contribution is 2.14. The summed E-state index contributed by atoms with van der Waals surface area (Å²) in [5.41, 5.74) is 1.33. The third kappa shape index (κ3) is 4.36. The molecule has 2 unspecified atom stereocenters. The van der Waals surface area contributed by atoms with Crippen LogP contribution in [0.4, 0.5) is 0 Å². The molecule has 0 saturated carbocycles. The van der Waals surface area contributed by atoms with Crippen molar-refractivity contribution in [1.82, 2.24) is 0 Å². The summed E-state index contributed by atoms with van der Waals surface area (Å²) in [6, 6.07) is 8.21. The van der Waals surface area contributed by atoms with Crippen LogP contribution in [0.15, 0.2) is 24.3 Å². The van der Waals surface area contributed by atoms with Gasteiger partial charge in [0.05, 0.1) is 19.3 Å². The Balaban J connectivity index is 1.68. The molecule has 2 atom stereocenters. The number of benzene rings is 1. The van der Waals surface area contributed by atoms with E-state index in [1.807, 2.05) is 19.1 Å². The first-order valence-electron chi connectivity index (χ1n) is 6.23. The first-order valence-corrected chi connectivity index (χ1v) is 6.23. The van der Waals surface area contributed by atoms with E-state index in [-0.39, 0.29) is 6.10 Å². The molecule has 1 heterocycles. The molecule has 1 aliphatic rings. The van der Waals surface area contributed by atoms with Gasteiger partial charge < -0.3 is 14.2 Å². The predicted octanol–water partition coefficient (Wildman–Crippen LogP) is 2.43. The maximum absolute atomic E-state index is 5.65. The molecule has 2 rings (SSSR count). The minimum Gasteiger partial charge on any atom is -0.491 e. The molecule has 0 aromatic heterocycles. The van der Waals surface area contributed by atoms with E-state index in [0.29, 0.717) is 19.3 Å². The number of epoxide rings is 1. The van der Waals surface area contributed by atoms with Crippen LogP contribution in [0.3, 0.4) is 0 Å². The Morgan fingerprint density at radius 3 is 2.65 bits per heavy atom. The van der Waals surface area contributed by atoms with Gasteiger partial charge >= 0.3 is 0 Å². The Labute approximate surface area is 103 Å².